The van der Waals surface area contributed by atoms with Crippen molar-refractivity contribution in [2.45, 2.75) is 23.9 Å². The molecule has 3 aromatic heterocycles. The second-order valence-electron chi connectivity index (χ2n) is 7.44. The second kappa shape index (κ2) is 9.30. The summed E-state index contributed by atoms with van der Waals surface area (Å²) in [5, 5.41) is 12.9. The number of benzene rings is 2. The summed E-state index contributed by atoms with van der Waals surface area (Å²) in [6, 6.07) is 17.0. The molecule has 5 rings (SSSR count). The molecule has 0 unspecified atom stereocenters. The van der Waals surface area contributed by atoms with Gasteiger partial charge in [0.05, 0.1) is 22.0 Å². The van der Waals surface area contributed by atoms with E-state index in [0.717, 1.165) is 11.1 Å². The molecule has 0 aliphatic rings. The van der Waals surface area contributed by atoms with Crippen LogP contribution in [0.2, 0.25) is 0 Å². The largest absolute Gasteiger partial charge is 0.396 e. The lowest BCUT2D eigenvalue weighted by Gasteiger charge is -2.12. The standard InChI is InChI=1S/C24H20N4O3S2/c29-12-6-11-28-23(31)16-9-4-5-10-18(16)25-24(28)33-14-19-26-21(30)20-17(13-32-22(20)27-19)15-7-2-1-3-8-15/h1-5,7-10,13,29H,6,11-12,14H2,(H,26,27,30). The Bertz CT molecular complexity index is 1560. The minimum atomic E-state index is -0.181. The number of hydrogen-bond acceptors (Lipinski definition) is 7. The van der Waals surface area contributed by atoms with E-state index in [0.29, 0.717) is 50.8 Å². The van der Waals surface area contributed by atoms with E-state index >= 15 is 0 Å². The van der Waals surface area contributed by atoms with Gasteiger partial charge in [-0.2, -0.15) is 0 Å². The number of rotatable bonds is 7. The Balaban J connectivity index is 1.49. The number of fused-ring (bicyclic) bond motifs is 2. The first kappa shape index (κ1) is 21.6. The number of nitrogens with one attached hydrogen (secondary N) is 1. The SMILES string of the molecule is O=c1[nH]c(CSc2nc3ccccc3c(=O)n2CCCO)nc2scc(-c3ccccc3)c12. The van der Waals surface area contributed by atoms with Crippen molar-refractivity contribution in [3.8, 4) is 11.1 Å². The molecule has 33 heavy (non-hydrogen) atoms. The molecule has 2 N–H and O–H groups in total. The molecule has 2 aromatic carbocycles. The molecule has 0 aliphatic carbocycles. The molecule has 0 radical (unpaired) electrons. The molecule has 0 fully saturated rings. The summed E-state index contributed by atoms with van der Waals surface area (Å²) < 4.78 is 1.58. The molecule has 9 heteroatoms. The number of aromatic amines is 1. The Morgan fingerprint density at radius 3 is 2.64 bits per heavy atom. The van der Waals surface area contributed by atoms with E-state index in [-0.39, 0.29) is 17.7 Å². The van der Waals surface area contributed by atoms with E-state index in [1.54, 1.807) is 16.7 Å². The molecule has 0 bridgehead atoms. The molecular weight excluding hydrogens is 456 g/mol. The molecule has 0 amide bonds. The Hall–Kier alpha value is -3.27. The lowest BCUT2D eigenvalue weighted by molar-refractivity contribution is 0.276. The van der Waals surface area contributed by atoms with Crippen LogP contribution in [-0.2, 0) is 12.3 Å². The highest BCUT2D eigenvalue weighted by molar-refractivity contribution is 7.98. The maximum absolute atomic E-state index is 13.0. The molecule has 5 aromatic rings. The van der Waals surface area contributed by atoms with Crippen molar-refractivity contribution in [3.63, 3.8) is 0 Å². The molecule has 7 nitrogen and oxygen atoms in total. The maximum atomic E-state index is 13.0. The summed E-state index contributed by atoms with van der Waals surface area (Å²) in [4.78, 5) is 38.8. The fraction of sp³-hybridized carbons (Fsp3) is 0.167. The van der Waals surface area contributed by atoms with Crippen LogP contribution in [0.5, 0.6) is 0 Å². The van der Waals surface area contributed by atoms with Crippen LogP contribution >= 0.6 is 23.1 Å². The van der Waals surface area contributed by atoms with Crippen LogP contribution in [0.3, 0.4) is 0 Å². The average Bonchev–Trinajstić information content (AvgIpc) is 3.28. The number of thioether (sulfide) groups is 1. The Morgan fingerprint density at radius 2 is 1.82 bits per heavy atom. The van der Waals surface area contributed by atoms with Crippen LogP contribution < -0.4 is 11.1 Å². The summed E-state index contributed by atoms with van der Waals surface area (Å²) in [6.45, 7) is 0.348. The van der Waals surface area contributed by atoms with Crippen molar-refractivity contribution in [1.82, 2.24) is 19.5 Å². The van der Waals surface area contributed by atoms with Crippen LogP contribution in [0.15, 0.2) is 74.7 Å². The summed E-state index contributed by atoms with van der Waals surface area (Å²) in [5.41, 5.74) is 2.15. The van der Waals surface area contributed by atoms with Crippen molar-refractivity contribution >= 4 is 44.2 Å². The fourth-order valence-electron chi connectivity index (χ4n) is 3.71. The predicted molar refractivity (Wildman–Crippen MR) is 133 cm³/mol. The maximum Gasteiger partial charge on any atom is 0.262 e. The molecule has 0 saturated heterocycles. The third kappa shape index (κ3) is 4.22. The first-order valence-corrected chi connectivity index (χ1v) is 12.3. The van der Waals surface area contributed by atoms with E-state index in [1.807, 2.05) is 47.8 Å². The quantitative estimate of drug-likeness (QED) is 0.272. The molecule has 0 spiro atoms. The van der Waals surface area contributed by atoms with Crippen molar-refractivity contribution in [2.75, 3.05) is 6.61 Å². The van der Waals surface area contributed by atoms with Crippen LogP contribution in [0.4, 0.5) is 0 Å². The Kier molecular flexibility index (Phi) is 6.08. The number of hydrogen-bond donors (Lipinski definition) is 2. The fourth-order valence-corrected chi connectivity index (χ4v) is 5.57. The van der Waals surface area contributed by atoms with E-state index in [4.69, 9.17) is 0 Å². The lowest BCUT2D eigenvalue weighted by Crippen LogP contribution is -2.24. The molecule has 166 valence electrons. The van der Waals surface area contributed by atoms with Crippen LogP contribution in [0.25, 0.3) is 32.2 Å². The highest BCUT2D eigenvalue weighted by Gasteiger charge is 2.15. The van der Waals surface area contributed by atoms with Gasteiger partial charge in [-0.3, -0.25) is 14.2 Å². The van der Waals surface area contributed by atoms with Crippen molar-refractivity contribution in [3.05, 3.63) is 86.5 Å². The lowest BCUT2D eigenvalue weighted by atomic mass is 10.1. The van der Waals surface area contributed by atoms with E-state index in [2.05, 4.69) is 15.0 Å². The normalized spacial score (nSPS) is 11.4. The van der Waals surface area contributed by atoms with Gasteiger partial charge in [0.25, 0.3) is 11.1 Å². The topological polar surface area (TPSA) is 101 Å². The molecule has 3 heterocycles. The summed E-state index contributed by atoms with van der Waals surface area (Å²) in [7, 11) is 0. The minimum Gasteiger partial charge on any atom is -0.396 e. The Labute approximate surface area is 196 Å². The zero-order valence-electron chi connectivity index (χ0n) is 17.5. The van der Waals surface area contributed by atoms with Crippen LogP contribution in [0.1, 0.15) is 12.2 Å². The van der Waals surface area contributed by atoms with Gasteiger partial charge in [0, 0.05) is 24.1 Å². The van der Waals surface area contributed by atoms with E-state index in [9.17, 15) is 14.7 Å². The zero-order chi connectivity index (χ0) is 22.8. The Morgan fingerprint density at radius 1 is 1.03 bits per heavy atom. The van der Waals surface area contributed by atoms with Gasteiger partial charge in [-0.15, -0.1) is 11.3 Å². The third-order valence-corrected chi connectivity index (χ3v) is 7.14. The van der Waals surface area contributed by atoms with Gasteiger partial charge in [0.15, 0.2) is 5.16 Å². The molecular formula is C24H20N4O3S2. The van der Waals surface area contributed by atoms with Gasteiger partial charge >= 0.3 is 0 Å². The first-order chi connectivity index (χ1) is 16.2. The van der Waals surface area contributed by atoms with E-state index < -0.39 is 0 Å². The number of H-pyrrole nitrogens is 1. The average molecular weight is 477 g/mol. The molecule has 0 saturated carbocycles. The smallest absolute Gasteiger partial charge is 0.262 e. The van der Waals surface area contributed by atoms with E-state index in [1.165, 1.54) is 23.1 Å². The third-order valence-electron chi connectivity index (χ3n) is 5.28. The highest BCUT2D eigenvalue weighted by Crippen LogP contribution is 2.31. The minimum absolute atomic E-state index is 0.0168. The molecule has 0 atom stereocenters. The van der Waals surface area contributed by atoms with Gasteiger partial charge in [-0.05, 0) is 24.1 Å². The summed E-state index contributed by atoms with van der Waals surface area (Å²) >= 11 is 2.78. The van der Waals surface area contributed by atoms with Gasteiger partial charge in [0.2, 0.25) is 0 Å². The predicted octanol–water partition coefficient (Wildman–Crippen LogP) is 4.04. The van der Waals surface area contributed by atoms with Crippen molar-refractivity contribution in [2.24, 2.45) is 0 Å². The second-order valence-corrected chi connectivity index (χ2v) is 9.24. The number of thiophene rings is 1. The monoisotopic (exact) mass is 476 g/mol. The highest BCUT2D eigenvalue weighted by atomic mass is 32.2. The number of aromatic nitrogens is 4. The van der Waals surface area contributed by atoms with Crippen molar-refractivity contribution in [1.29, 1.82) is 0 Å². The van der Waals surface area contributed by atoms with Crippen LogP contribution in [0, 0.1) is 0 Å². The van der Waals surface area contributed by atoms with Gasteiger partial charge in [-0.25, -0.2) is 9.97 Å². The van der Waals surface area contributed by atoms with Gasteiger partial charge < -0.3 is 10.1 Å². The van der Waals surface area contributed by atoms with Crippen molar-refractivity contribution < 1.29 is 5.11 Å². The summed E-state index contributed by atoms with van der Waals surface area (Å²) in [6.07, 6.45) is 0.450. The summed E-state index contributed by atoms with van der Waals surface area (Å²) in [5.74, 6) is 0.878. The first-order valence-electron chi connectivity index (χ1n) is 10.4. The van der Waals surface area contributed by atoms with Gasteiger partial charge in [-0.1, -0.05) is 54.2 Å². The number of nitrogens with zero attached hydrogens (tertiary/aromatic N) is 3. The van der Waals surface area contributed by atoms with Crippen LogP contribution in [-0.4, -0.2) is 31.2 Å². The molecule has 0 aliphatic heterocycles. The van der Waals surface area contributed by atoms with Gasteiger partial charge in [0.1, 0.15) is 10.7 Å². The number of aliphatic hydroxyl groups excluding tert-OH is 1. The zero-order valence-corrected chi connectivity index (χ0v) is 19.2. The number of para-hydroxylation sites is 1. The number of aliphatic hydroxyl groups is 1.